The van der Waals surface area contributed by atoms with Gasteiger partial charge < -0.3 is 0 Å². The van der Waals surface area contributed by atoms with E-state index in [1.54, 1.807) is 6.92 Å². The Morgan fingerprint density at radius 3 is 1.63 bits per heavy atom. The molecule has 1 nitrogen and oxygen atoms in total. The molecule has 0 spiro atoms. The molecule has 1 unspecified atom stereocenters. The Hall–Kier alpha value is -0.880. The average molecular weight is 295 g/mol. The van der Waals surface area contributed by atoms with Gasteiger partial charge in [-0.2, -0.15) is 0 Å². The van der Waals surface area contributed by atoms with E-state index in [-0.39, 0.29) is 0 Å². The van der Waals surface area contributed by atoms with E-state index in [1.807, 2.05) is 36.4 Å². The van der Waals surface area contributed by atoms with Gasteiger partial charge >= 0.3 is 119 Å². The van der Waals surface area contributed by atoms with Gasteiger partial charge in [0.25, 0.3) is 0 Å². The SMILES string of the molecule is CC(O)CP(C)(Cl)(c1ccccc1)c1ccccc1. The molecule has 0 aromatic heterocycles. The number of benzene rings is 2. The van der Waals surface area contributed by atoms with Crippen LogP contribution in [0.15, 0.2) is 60.7 Å². The molecule has 102 valence electrons. The van der Waals surface area contributed by atoms with E-state index in [4.69, 9.17) is 11.2 Å². The van der Waals surface area contributed by atoms with Gasteiger partial charge in [-0.05, 0) is 0 Å². The quantitative estimate of drug-likeness (QED) is 0.858. The zero-order valence-corrected chi connectivity index (χ0v) is 13.0. The number of aliphatic hydroxyl groups is 1. The number of rotatable bonds is 4. The molecule has 0 saturated carbocycles. The molecule has 0 aliphatic heterocycles. The molecule has 1 atom stereocenters. The summed E-state index contributed by atoms with van der Waals surface area (Å²) in [6.07, 6.45) is 0.154. The van der Waals surface area contributed by atoms with Gasteiger partial charge in [-0.15, -0.1) is 0 Å². The molecule has 2 aromatic rings. The number of hydrogen-bond acceptors (Lipinski definition) is 1. The summed E-state index contributed by atoms with van der Waals surface area (Å²) in [7, 11) is 0. The van der Waals surface area contributed by atoms with E-state index in [1.165, 1.54) is 0 Å². The summed E-state index contributed by atoms with van der Waals surface area (Å²) in [5, 5.41) is 12.2. The van der Waals surface area contributed by atoms with Crippen LogP contribution in [0.25, 0.3) is 0 Å². The van der Waals surface area contributed by atoms with E-state index in [2.05, 4.69) is 30.9 Å². The molecule has 0 saturated heterocycles. The van der Waals surface area contributed by atoms with Crippen LogP contribution in [0, 0.1) is 0 Å². The molecule has 0 fully saturated rings. The van der Waals surface area contributed by atoms with E-state index < -0.39 is 12.1 Å². The first-order valence-corrected chi connectivity index (χ1v) is 10.2. The second-order valence-electron chi connectivity index (χ2n) is 5.35. The Morgan fingerprint density at radius 2 is 1.32 bits per heavy atom. The molecule has 0 aliphatic carbocycles. The number of halogens is 1. The molecule has 0 radical (unpaired) electrons. The molecule has 0 heterocycles. The fourth-order valence-electron chi connectivity index (χ4n) is 2.61. The zero-order chi connectivity index (χ0) is 14.0. The van der Waals surface area contributed by atoms with Gasteiger partial charge in [0.05, 0.1) is 0 Å². The summed E-state index contributed by atoms with van der Waals surface area (Å²) in [6, 6.07) is 20.3. The van der Waals surface area contributed by atoms with Crippen molar-refractivity contribution in [3.8, 4) is 0 Å². The van der Waals surface area contributed by atoms with Gasteiger partial charge in [0.2, 0.25) is 0 Å². The number of hydrogen-bond donors (Lipinski definition) is 1. The first-order valence-electron chi connectivity index (χ1n) is 6.44. The van der Waals surface area contributed by atoms with E-state index >= 15 is 0 Å². The third-order valence-electron chi connectivity index (χ3n) is 3.55. The van der Waals surface area contributed by atoms with Gasteiger partial charge in [-0.1, -0.05) is 0 Å². The van der Waals surface area contributed by atoms with Crippen LogP contribution in [-0.2, 0) is 0 Å². The van der Waals surface area contributed by atoms with Crippen molar-refractivity contribution in [1.82, 2.24) is 0 Å². The molecule has 2 aromatic carbocycles. The van der Waals surface area contributed by atoms with Crippen molar-refractivity contribution in [2.24, 2.45) is 0 Å². The molecule has 0 bridgehead atoms. The summed E-state index contributed by atoms with van der Waals surface area (Å²) in [5.41, 5.74) is 0. The van der Waals surface area contributed by atoms with Crippen molar-refractivity contribution >= 4 is 27.8 Å². The van der Waals surface area contributed by atoms with Gasteiger partial charge in [-0.25, -0.2) is 0 Å². The normalized spacial score (nSPS) is 15.5. The van der Waals surface area contributed by atoms with Crippen molar-refractivity contribution < 1.29 is 5.11 Å². The molecule has 19 heavy (non-hydrogen) atoms. The average Bonchev–Trinajstić information content (AvgIpc) is 2.40. The predicted molar refractivity (Wildman–Crippen MR) is 87.4 cm³/mol. The first kappa shape index (κ1) is 14.5. The van der Waals surface area contributed by atoms with Crippen LogP contribution in [0.5, 0.6) is 0 Å². The monoisotopic (exact) mass is 294 g/mol. The standard InChI is InChI=1S/C16H20ClOP/c1-14(18)13-19(2,17,15-9-5-3-6-10-15)16-11-7-4-8-12-16/h3-12,14,18H,13H2,1-2H3. The van der Waals surface area contributed by atoms with E-state index in [0.29, 0.717) is 6.16 Å². The van der Waals surface area contributed by atoms with E-state index in [9.17, 15) is 5.11 Å². The Morgan fingerprint density at radius 1 is 0.947 bits per heavy atom. The van der Waals surface area contributed by atoms with Crippen LogP contribution in [0.2, 0.25) is 0 Å². The van der Waals surface area contributed by atoms with Gasteiger partial charge in [0.15, 0.2) is 0 Å². The summed E-state index contributed by atoms with van der Waals surface area (Å²) in [6.45, 7) is 3.92. The zero-order valence-electron chi connectivity index (χ0n) is 11.3. The fraction of sp³-hybridized carbons (Fsp3) is 0.250. The van der Waals surface area contributed by atoms with Crippen LogP contribution in [0.3, 0.4) is 0 Å². The predicted octanol–water partition coefficient (Wildman–Crippen LogP) is 3.36. The third kappa shape index (κ3) is 2.84. The molecule has 1 N–H and O–H groups in total. The summed E-state index contributed by atoms with van der Waals surface area (Å²) in [5.74, 6) is -2.83. The van der Waals surface area contributed by atoms with Crippen LogP contribution < -0.4 is 10.6 Å². The van der Waals surface area contributed by atoms with Gasteiger partial charge in [0.1, 0.15) is 0 Å². The van der Waals surface area contributed by atoms with Crippen molar-refractivity contribution in [3.63, 3.8) is 0 Å². The van der Waals surface area contributed by atoms with Crippen molar-refractivity contribution in [1.29, 1.82) is 0 Å². The maximum absolute atomic E-state index is 9.92. The minimum absolute atomic E-state index is 0.430. The Kier molecular flexibility index (Phi) is 4.01. The first-order chi connectivity index (χ1) is 8.92. The van der Waals surface area contributed by atoms with Crippen molar-refractivity contribution in [3.05, 3.63) is 60.7 Å². The van der Waals surface area contributed by atoms with Gasteiger partial charge in [0, 0.05) is 0 Å². The van der Waals surface area contributed by atoms with Crippen LogP contribution in [0.1, 0.15) is 6.92 Å². The second-order valence-corrected chi connectivity index (χ2v) is 12.8. The Labute approximate surface area is 120 Å². The fourth-order valence-corrected chi connectivity index (χ4v) is 7.75. The Bertz CT molecular complexity index is 494. The Balaban J connectivity index is 2.64. The summed E-state index contributed by atoms with van der Waals surface area (Å²) in [4.78, 5) is 0. The van der Waals surface area contributed by atoms with E-state index in [0.717, 1.165) is 10.6 Å². The van der Waals surface area contributed by atoms with Crippen LogP contribution in [-0.4, -0.2) is 24.0 Å². The topological polar surface area (TPSA) is 20.2 Å². The molecule has 0 aliphatic rings. The van der Waals surface area contributed by atoms with Crippen LogP contribution in [0.4, 0.5) is 0 Å². The third-order valence-corrected chi connectivity index (χ3v) is 9.79. The molecule has 2 rings (SSSR count). The van der Waals surface area contributed by atoms with Crippen molar-refractivity contribution in [2.75, 3.05) is 12.8 Å². The summed E-state index contributed by atoms with van der Waals surface area (Å²) < 4.78 is 0. The molecule has 0 amide bonds. The summed E-state index contributed by atoms with van der Waals surface area (Å²) >= 11 is 7.21. The molecular weight excluding hydrogens is 275 g/mol. The van der Waals surface area contributed by atoms with Crippen molar-refractivity contribution in [2.45, 2.75) is 13.0 Å². The maximum atomic E-state index is 9.92. The van der Waals surface area contributed by atoms with Gasteiger partial charge in [-0.3, -0.25) is 0 Å². The van der Waals surface area contributed by atoms with Crippen LogP contribution >= 0.6 is 17.2 Å². The minimum atomic E-state index is -2.83. The number of aliphatic hydroxyl groups excluding tert-OH is 1. The second kappa shape index (κ2) is 5.25. The molecular formula is C16H20ClOP. The molecule has 3 heteroatoms.